The van der Waals surface area contributed by atoms with Gasteiger partial charge >= 0.3 is 0 Å². The Bertz CT molecular complexity index is 660. The maximum absolute atomic E-state index is 12.7. The van der Waals surface area contributed by atoms with E-state index in [2.05, 4.69) is 15.9 Å². The summed E-state index contributed by atoms with van der Waals surface area (Å²) in [7, 11) is -3.79. The van der Waals surface area contributed by atoms with Gasteiger partial charge < -0.3 is 11.5 Å². The molecule has 2 rings (SSSR count). The van der Waals surface area contributed by atoms with Gasteiger partial charge in [0.2, 0.25) is 15.9 Å². The lowest BCUT2D eigenvalue weighted by Crippen LogP contribution is -2.43. The second-order valence-corrected chi connectivity index (χ2v) is 7.57. The smallest absolute Gasteiger partial charge is 0.244 e. The summed E-state index contributed by atoms with van der Waals surface area (Å²) in [4.78, 5) is 11.5. The highest BCUT2D eigenvalue weighted by molar-refractivity contribution is 9.10. The molecule has 0 aromatic heterocycles. The minimum atomic E-state index is -3.79. The lowest BCUT2D eigenvalue weighted by Gasteiger charge is -2.23. The van der Waals surface area contributed by atoms with E-state index in [0.29, 0.717) is 35.1 Å². The maximum atomic E-state index is 12.7. The van der Waals surface area contributed by atoms with Gasteiger partial charge in [0.15, 0.2) is 0 Å². The molecule has 1 aliphatic rings. The Labute approximate surface area is 126 Å². The summed E-state index contributed by atoms with van der Waals surface area (Å²) in [5, 5.41) is 0. The summed E-state index contributed by atoms with van der Waals surface area (Å²) < 4.78 is 27.2. The fourth-order valence-corrected chi connectivity index (χ4v) is 4.95. The third kappa shape index (κ3) is 2.55. The van der Waals surface area contributed by atoms with Crippen LogP contribution in [0.4, 0.5) is 5.69 Å². The van der Waals surface area contributed by atoms with Crippen LogP contribution in [-0.2, 0) is 14.8 Å². The maximum Gasteiger partial charge on any atom is 0.244 e. The van der Waals surface area contributed by atoms with E-state index in [4.69, 9.17) is 11.5 Å². The summed E-state index contributed by atoms with van der Waals surface area (Å²) in [6.45, 7) is 1.94. The molecule has 20 heavy (non-hydrogen) atoms. The first-order chi connectivity index (χ1) is 9.25. The van der Waals surface area contributed by atoms with Crippen molar-refractivity contribution in [1.82, 2.24) is 4.31 Å². The first-order valence-corrected chi connectivity index (χ1v) is 8.35. The molecular weight excluding hydrogens is 346 g/mol. The third-order valence-electron chi connectivity index (χ3n) is 3.48. The van der Waals surface area contributed by atoms with E-state index in [1.807, 2.05) is 0 Å². The number of nitrogen functional groups attached to an aromatic ring is 1. The summed E-state index contributed by atoms with van der Waals surface area (Å²) in [5.74, 6) is -0.619. The topological polar surface area (TPSA) is 106 Å². The zero-order valence-electron chi connectivity index (χ0n) is 11.0. The molecule has 1 aliphatic heterocycles. The van der Waals surface area contributed by atoms with Crippen molar-refractivity contribution in [2.75, 3.05) is 12.3 Å². The number of primary amides is 1. The number of carbonyl (C=O) groups excluding carboxylic acids is 1. The van der Waals surface area contributed by atoms with Crippen LogP contribution in [0, 0.1) is 6.92 Å². The van der Waals surface area contributed by atoms with Crippen LogP contribution in [0.3, 0.4) is 0 Å². The van der Waals surface area contributed by atoms with E-state index in [1.54, 1.807) is 13.0 Å². The third-order valence-corrected chi connectivity index (χ3v) is 5.98. The van der Waals surface area contributed by atoms with Crippen LogP contribution >= 0.6 is 15.9 Å². The number of hydrogen-bond donors (Lipinski definition) is 2. The molecule has 110 valence electrons. The average Bonchev–Trinajstić information content (AvgIpc) is 2.83. The van der Waals surface area contributed by atoms with Gasteiger partial charge in [-0.1, -0.05) is 15.9 Å². The molecule has 0 aliphatic carbocycles. The standard InChI is InChI=1S/C12H16BrN3O3S/c1-7-9(14)5-8(13)6-11(7)20(18,19)16-4-2-3-10(16)12(15)17/h5-6,10H,2-4,14H2,1H3,(H2,15,17). The Hall–Kier alpha value is -1.12. The van der Waals surface area contributed by atoms with E-state index in [1.165, 1.54) is 10.4 Å². The molecule has 0 spiro atoms. The zero-order chi connectivity index (χ0) is 15.1. The molecule has 0 bridgehead atoms. The highest BCUT2D eigenvalue weighted by atomic mass is 79.9. The van der Waals surface area contributed by atoms with E-state index >= 15 is 0 Å². The number of sulfonamides is 1. The van der Waals surface area contributed by atoms with Gasteiger partial charge in [0.1, 0.15) is 6.04 Å². The highest BCUT2D eigenvalue weighted by Gasteiger charge is 2.39. The summed E-state index contributed by atoms with van der Waals surface area (Å²) in [6.07, 6.45) is 1.08. The summed E-state index contributed by atoms with van der Waals surface area (Å²) in [5.41, 5.74) is 11.9. The number of amides is 1. The van der Waals surface area contributed by atoms with Crippen LogP contribution in [0.25, 0.3) is 0 Å². The van der Waals surface area contributed by atoms with Crippen molar-refractivity contribution in [2.24, 2.45) is 5.73 Å². The van der Waals surface area contributed by atoms with Gasteiger partial charge in [0.25, 0.3) is 0 Å². The molecule has 8 heteroatoms. The van der Waals surface area contributed by atoms with E-state index < -0.39 is 22.0 Å². The fourth-order valence-electron chi connectivity index (χ4n) is 2.38. The van der Waals surface area contributed by atoms with Crippen LogP contribution in [-0.4, -0.2) is 31.2 Å². The molecule has 1 aromatic rings. The number of rotatable bonds is 3. The molecular formula is C12H16BrN3O3S. The largest absolute Gasteiger partial charge is 0.398 e. The number of hydrogen-bond acceptors (Lipinski definition) is 4. The van der Waals surface area contributed by atoms with Crippen LogP contribution in [0.15, 0.2) is 21.5 Å². The van der Waals surface area contributed by atoms with Gasteiger partial charge in [0, 0.05) is 16.7 Å². The minimum absolute atomic E-state index is 0.109. The van der Waals surface area contributed by atoms with Gasteiger partial charge in [-0.3, -0.25) is 4.79 Å². The molecule has 1 fully saturated rings. The first kappa shape index (κ1) is 15.3. The SMILES string of the molecule is Cc1c(N)cc(Br)cc1S(=O)(=O)N1CCCC1C(N)=O. The molecule has 1 unspecified atom stereocenters. The molecule has 1 amide bonds. The van der Waals surface area contributed by atoms with Crippen molar-refractivity contribution in [2.45, 2.75) is 30.7 Å². The zero-order valence-corrected chi connectivity index (χ0v) is 13.4. The summed E-state index contributed by atoms with van der Waals surface area (Å²) in [6, 6.07) is 2.36. The Balaban J connectivity index is 2.53. The molecule has 1 heterocycles. The second-order valence-electron chi connectivity index (χ2n) is 4.79. The number of carbonyl (C=O) groups is 1. The van der Waals surface area contributed by atoms with Crippen LogP contribution in [0.5, 0.6) is 0 Å². The Kier molecular flexibility index (Phi) is 4.08. The van der Waals surface area contributed by atoms with Gasteiger partial charge in [-0.25, -0.2) is 8.42 Å². The number of halogens is 1. The van der Waals surface area contributed by atoms with Crippen molar-refractivity contribution in [3.63, 3.8) is 0 Å². The molecule has 4 N–H and O–H groups in total. The lowest BCUT2D eigenvalue weighted by atomic mass is 10.2. The van der Waals surface area contributed by atoms with Crippen molar-refractivity contribution in [3.8, 4) is 0 Å². The van der Waals surface area contributed by atoms with Crippen molar-refractivity contribution in [1.29, 1.82) is 0 Å². The fraction of sp³-hybridized carbons (Fsp3) is 0.417. The Morgan fingerprint density at radius 1 is 1.45 bits per heavy atom. The monoisotopic (exact) mass is 361 g/mol. The van der Waals surface area contributed by atoms with Gasteiger partial charge in [-0.15, -0.1) is 0 Å². The van der Waals surface area contributed by atoms with Crippen LogP contribution in [0.2, 0.25) is 0 Å². The predicted molar refractivity (Wildman–Crippen MR) is 79.4 cm³/mol. The second kappa shape index (κ2) is 5.34. The first-order valence-electron chi connectivity index (χ1n) is 6.12. The molecule has 0 saturated carbocycles. The highest BCUT2D eigenvalue weighted by Crippen LogP contribution is 2.32. The van der Waals surface area contributed by atoms with Gasteiger partial charge in [0.05, 0.1) is 4.90 Å². The van der Waals surface area contributed by atoms with Crippen molar-refractivity contribution < 1.29 is 13.2 Å². The Morgan fingerprint density at radius 3 is 2.70 bits per heavy atom. The number of benzene rings is 1. The molecule has 1 saturated heterocycles. The quantitative estimate of drug-likeness (QED) is 0.782. The average molecular weight is 362 g/mol. The number of anilines is 1. The van der Waals surface area contributed by atoms with Gasteiger partial charge in [-0.05, 0) is 37.5 Å². The van der Waals surface area contributed by atoms with Crippen molar-refractivity contribution >= 4 is 37.5 Å². The lowest BCUT2D eigenvalue weighted by molar-refractivity contribution is -0.121. The van der Waals surface area contributed by atoms with E-state index in [0.717, 1.165) is 0 Å². The molecule has 6 nitrogen and oxygen atoms in total. The van der Waals surface area contributed by atoms with Crippen molar-refractivity contribution in [3.05, 3.63) is 22.2 Å². The minimum Gasteiger partial charge on any atom is -0.398 e. The van der Waals surface area contributed by atoms with Crippen LogP contribution < -0.4 is 11.5 Å². The number of nitrogens with zero attached hydrogens (tertiary/aromatic N) is 1. The normalized spacial score (nSPS) is 20.2. The van der Waals surface area contributed by atoms with Gasteiger partial charge in [-0.2, -0.15) is 4.31 Å². The summed E-state index contributed by atoms with van der Waals surface area (Å²) >= 11 is 3.24. The number of nitrogens with two attached hydrogens (primary N) is 2. The molecule has 1 atom stereocenters. The molecule has 0 radical (unpaired) electrons. The molecule has 1 aromatic carbocycles. The Morgan fingerprint density at radius 2 is 2.10 bits per heavy atom. The predicted octanol–water partition coefficient (Wildman–Crippen LogP) is 0.978. The van der Waals surface area contributed by atoms with E-state index in [9.17, 15) is 13.2 Å². The van der Waals surface area contributed by atoms with E-state index in [-0.39, 0.29) is 4.90 Å². The van der Waals surface area contributed by atoms with Crippen LogP contribution in [0.1, 0.15) is 18.4 Å².